The Morgan fingerprint density at radius 1 is 1.00 bits per heavy atom. The van der Waals surface area contributed by atoms with Gasteiger partial charge in [0.05, 0.1) is 6.21 Å². The van der Waals surface area contributed by atoms with Crippen LogP contribution in [0, 0.1) is 0 Å². The van der Waals surface area contributed by atoms with Gasteiger partial charge in [-0.15, -0.1) is 0 Å². The zero-order valence-corrected chi connectivity index (χ0v) is 13.4. The van der Waals surface area contributed by atoms with E-state index >= 15 is 0 Å². The van der Waals surface area contributed by atoms with Gasteiger partial charge in [0.2, 0.25) is 0 Å². The first-order chi connectivity index (χ1) is 11.1. The molecule has 0 fully saturated rings. The largest absolute Gasteiger partial charge is 0.344 e. The first kappa shape index (κ1) is 17.0. The molecule has 5 nitrogen and oxygen atoms in total. The quantitative estimate of drug-likeness (QED) is 0.506. The maximum Gasteiger partial charge on any atom is 0.329 e. The fraction of sp³-hybridized carbons (Fsp3) is 0.0625. The van der Waals surface area contributed by atoms with Crippen molar-refractivity contribution >= 4 is 41.2 Å². The van der Waals surface area contributed by atoms with E-state index in [2.05, 4.69) is 15.8 Å². The van der Waals surface area contributed by atoms with Crippen LogP contribution in [0.4, 0.5) is 0 Å². The molecule has 0 saturated heterocycles. The highest BCUT2D eigenvalue weighted by atomic mass is 35.5. The summed E-state index contributed by atoms with van der Waals surface area (Å²) in [6.45, 7) is 0.220. The predicted molar refractivity (Wildman–Crippen MR) is 90.5 cm³/mol. The number of hydrazone groups is 1. The van der Waals surface area contributed by atoms with Gasteiger partial charge in [0.15, 0.2) is 0 Å². The van der Waals surface area contributed by atoms with Gasteiger partial charge in [-0.3, -0.25) is 9.59 Å². The Balaban J connectivity index is 1.82. The minimum Gasteiger partial charge on any atom is -0.344 e. The van der Waals surface area contributed by atoms with Gasteiger partial charge >= 0.3 is 11.8 Å². The third-order valence-electron chi connectivity index (χ3n) is 2.85. The molecule has 2 rings (SSSR count). The summed E-state index contributed by atoms with van der Waals surface area (Å²) in [6, 6.07) is 13.9. The second kappa shape index (κ2) is 8.31. The lowest BCUT2D eigenvalue weighted by Gasteiger charge is -2.04. The Kier molecular flexibility index (Phi) is 6.14. The minimum atomic E-state index is -0.859. The third kappa shape index (κ3) is 5.39. The van der Waals surface area contributed by atoms with Crippen LogP contribution in [0.3, 0.4) is 0 Å². The topological polar surface area (TPSA) is 70.6 Å². The van der Waals surface area contributed by atoms with Gasteiger partial charge in [0.1, 0.15) is 0 Å². The summed E-state index contributed by atoms with van der Waals surface area (Å²) < 4.78 is 0. The smallest absolute Gasteiger partial charge is 0.329 e. The van der Waals surface area contributed by atoms with Crippen molar-refractivity contribution in [2.45, 2.75) is 6.54 Å². The summed E-state index contributed by atoms with van der Waals surface area (Å²) in [4.78, 5) is 23.2. The number of carbonyl (C=O) groups is 2. The minimum absolute atomic E-state index is 0.220. The summed E-state index contributed by atoms with van der Waals surface area (Å²) in [5, 5.41) is 7.29. The third-order valence-corrected chi connectivity index (χ3v) is 3.44. The first-order valence-corrected chi connectivity index (χ1v) is 7.42. The van der Waals surface area contributed by atoms with Crippen molar-refractivity contribution in [1.82, 2.24) is 10.7 Å². The van der Waals surface area contributed by atoms with Crippen molar-refractivity contribution in [3.05, 3.63) is 69.7 Å². The molecule has 0 aliphatic carbocycles. The number of nitrogens with zero attached hydrogens (tertiary/aromatic N) is 1. The molecular weight excluding hydrogens is 337 g/mol. The highest BCUT2D eigenvalue weighted by Gasteiger charge is 2.11. The van der Waals surface area contributed by atoms with Gasteiger partial charge < -0.3 is 5.32 Å². The van der Waals surface area contributed by atoms with Crippen molar-refractivity contribution in [2.75, 3.05) is 0 Å². The van der Waals surface area contributed by atoms with Crippen LogP contribution in [-0.4, -0.2) is 18.0 Å². The number of nitrogens with one attached hydrogen (secondary N) is 2. The lowest BCUT2D eigenvalue weighted by atomic mass is 10.2. The average Bonchev–Trinajstić information content (AvgIpc) is 2.55. The highest BCUT2D eigenvalue weighted by molar-refractivity contribution is 6.35. The molecule has 0 radical (unpaired) electrons. The molecule has 0 saturated carbocycles. The molecule has 2 amide bonds. The molecule has 0 spiro atoms. The van der Waals surface area contributed by atoms with Crippen LogP contribution < -0.4 is 10.7 Å². The molecule has 23 heavy (non-hydrogen) atoms. The van der Waals surface area contributed by atoms with Crippen LogP contribution in [0.5, 0.6) is 0 Å². The number of benzene rings is 2. The van der Waals surface area contributed by atoms with E-state index in [0.717, 1.165) is 5.56 Å². The summed E-state index contributed by atoms with van der Waals surface area (Å²) in [6.07, 6.45) is 1.37. The van der Waals surface area contributed by atoms with Gasteiger partial charge in [-0.25, -0.2) is 5.43 Å². The van der Waals surface area contributed by atoms with Crippen LogP contribution in [0.2, 0.25) is 10.0 Å². The van der Waals surface area contributed by atoms with Gasteiger partial charge in [-0.05, 0) is 23.8 Å². The molecule has 2 aromatic rings. The molecule has 2 N–H and O–H groups in total. The number of hydrogen-bond donors (Lipinski definition) is 2. The van der Waals surface area contributed by atoms with Crippen molar-refractivity contribution in [3.63, 3.8) is 0 Å². The second-order valence-corrected chi connectivity index (χ2v) is 5.37. The van der Waals surface area contributed by atoms with Crippen LogP contribution in [0.15, 0.2) is 53.6 Å². The second-order valence-electron chi connectivity index (χ2n) is 4.53. The van der Waals surface area contributed by atoms with Crippen LogP contribution in [-0.2, 0) is 16.1 Å². The van der Waals surface area contributed by atoms with Gasteiger partial charge in [-0.1, -0.05) is 53.5 Å². The zero-order valence-electron chi connectivity index (χ0n) is 11.9. The van der Waals surface area contributed by atoms with E-state index in [9.17, 15) is 9.59 Å². The molecule has 0 aliphatic heterocycles. The lowest BCUT2D eigenvalue weighted by Crippen LogP contribution is -2.37. The van der Waals surface area contributed by atoms with Gasteiger partial charge in [0.25, 0.3) is 0 Å². The fourth-order valence-corrected chi connectivity index (χ4v) is 1.97. The first-order valence-electron chi connectivity index (χ1n) is 6.66. The van der Waals surface area contributed by atoms with E-state index in [1.54, 1.807) is 48.5 Å². The normalized spacial score (nSPS) is 10.5. The summed E-state index contributed by atoms with van der Waals surface area (Å²) in [7, 11) is 0. The zero-order chi connectivity index (χ0) is 16.7. The molecular formula is C16H13Cl2N3O2. The Bertz CT molecular complexity index is 730. The number of carbonyl (C=O) groups excluding carboxylic acids is 2. The van der Waals surface area contributed by atoms with Gasteiger partial charge in [-0.2, -0.15) is 5.10 Å². The average molecular weight is 350 g/mol. The Morgan fingerprint density at radius 3 is 2.39 bits per heavy atom. The van der Waals surface area contributed by atoms with E-state index in [-0.39, 0.29) is 6.54 Å². The molecule has 0 heterocycles. The Hall–Kier alpha value is -2.37. The monoisotopic (exact) mass is 349 g/mol. The number of halogens is 2. The van der Waals surface area contributed by atoms with Gasteiger partial charge in [0, 0.05) is 22.2 Å². The van der Waals surface area contributed by atoms with E-state index in [0.29, 0.717) is 15.6 Å². The fourth-order valence-electron chi connectivity index (χ4n) is 1.66. The molecule has 0 aliphatic rings. The molecule has 7 heteroatoms. The van der Waals surface area contributed by atoms with E-state index < -0.39 is 11.8 Å². The summed E-state index contributed by atoms with van der Waals surface area (Å²) >= 11 is 11.7. The van der Waals surface area contributed by atoms with Crippen molar-refractivity contribution < 1.29 is 9.59 Å². The van der Waals surface area contributed by atoms with E-state index in [4.69, 9.17) is 23.2 Å². The van der Waals surface area contributed by atoms with Crippen molar-refractivity contribution in [1.29, 1.82) is 0 Å². The lowest BCUT2D eigenvalue weighted by molar-refractivity contribution is -0.139. The maximum atomic E-state index is 11.6. The molecule has 0 aromatic heterocycles. The van der Waals surface area contributed by atoms with Crippen LogP contribution >= 0.6 is 23.2 Å². The Labute approximate surface area is 143 Å². The molecule has 0 bridgehead atoms. The number of hydrogen-bond acceptors (Lipinski definition) is 3. The standard InChI is InChI=1S/C16H13Cl2N3O2/c17-13-7-5-11(6-8-13)9-19-15(22)16(23)21-20-10-12-3-1-2-4-14(12)18/h1-8,10H,9H2,(H,19,22)(H,21,23)/b20-10+. The Morgan fingerprint density at radius 2 is 1.70 bits per heavy atom. The maximum absolute atomic E-state index is 11.6. The van der Waals surface area contributed by atoms with Crippen molar-refractivity contribution in [2.24, 2.45) is 5.10 Å². The molecule has 2 aromatic carbocycles. The van der Waals surface area contributed by atoms with Crippen LogP contribution in [0.1, 0.15) is 11.1 Å². The summed E-state index contributed by atoms with van der Waals surface area (Å²) in [5.74, 6) is -1.64. The number of rotatable bonds is 4. The SMILES string of the molecule is O=C(NCc1ccc(Cl)cc1)C(=O)N/N=C/c1ccccc1Cl. The number of amides is 2. The van der Waals surface area contributed by atoms with Crippen molar-refractivity contribution in [3.8, 4) is 0 Å². The predicted octanol–water partition coefficient (Wildman–Crippen LogP) is 2.76. The summed E-state index contributed by atoms with van der Waals surface area (Å²) in [5.41, 5.74) is 3.61. The highest BCUT2D eigenvalue weighted by Crippen LogP contribution is 2.12. The molecule has 118 valence electrons. The molecule has 0 atom stereocenters. The molecule has 0 unspecified atom stereocenters. The van der Waals surface area contributed by atoms with E-state index in [1.165, 1.54) is 6.21 Å². The van der Waals surface area contributed by atoms with Crippen LogP contribution in [0.25, 0.3) is 0 Å². The van der Waals surface area contributed by atoms with E-state index in [1.807, 2.05) is 0 Å².